The summed E-state index contributed by atoms with van der Waals surface area (Å²) in [6.07, 6.45) is 3.76. The minimum atomic E-state index is -0.126. The lowest BCUT2D eigenvalue weighted by molar-refractivity contribution is 0.647. The van der Waals surface area contributed by atoms with Gasteiger partial charge >= 0.3 is 0 Å². The zero-order valence-corrected chi connectivity index (χ0v) is 12.8. The molecule has 4 rings (SSSR count). The van der Waals surface area contributed by atoms with E-state index in [1.54, 1.807) is 0 Å². The van der Waals surface area contributed by atoms with Gasteiger partial charge in [-0.25, -0.2) is 0 Å². The van der Waals surface area contributed by atoms with Crippen LogP contribution in [0.4, 0.5) is 0 Å². The second-order valence-electron chi connectivity index (χ2n) is 6.14. The lowest BCUT2D eigenvalue weighted by Gasteiger charge is -2.16. The van der Waals surface area contributed by atoms with Crippen LogP contribution in [-0.2, 0) is 0 Å². The Morgan fingerprint density at radius 3 is 2.74 bits per heavy atom. The third kappa shape index (κ3) is 2.15. The Labute approximate surface area is 133 Å². The molecular formula is C18H16N4O. The highest BCUT2D eigenvalue weighted by Crippen LogP contribution is 2.43. The molecule has 5 nitrogen and oxygen atoms in total. The second kappa shape index (κ2) is 5.10. The standard InChI is InChI=1S/C18H16N4O/c1-11(12-7-8-12)15-16(13-5-3-2-4-6-13)21-17-14(9-19)10-20-22(17)18(15)23/h2-6,10-12,21H,7-8H2,1H3. The summed E-state index contributed by atoms with van der Waals surface area (Å²) in [5.74, 6) is 0.732. The number of nitrogens with zero attached hydrogens (tertiary/aromatic N) is 3. The predicted molar refractivity (Wildman–Crippen MR) is 87.1 cm³/mol. The van der Waals surface area contributed by atoms with Gasteiger partial charge in [-0.1, -0.05) is 37.3 Å². The number of hydrogen-bond acceptors (Lipinski definition) is 3. The van der Waals surface area contributed by atoms with Crippen molar-refractivity contribution in [1.82, 2.24) is 14.6 Å². The average molecular weight is 304 g/mol. The van der Waals surface area contributed by atoms with E-state index in [0.717, 1.165) is 29.7 Å². The van der Waals surface area contributed by atoms with E-state index in [9.17, 15) is 10.1 Å². The van der Waals surface area contributed by atoms with E-state index in [2.05, 4.69) is 23.1 Å². The molecule has 1 atom stereocenters. The molecule has 3 aromatic rings. The summed E-state index contributed by atoms with van der Waals surface area (Å²) in [5.41, 5.74) is 3.24. The summed E-state index contributed by atoms with van der Waals surface area (Å²) >= 11 is 0. The Kier molecular flexibility index (Phi) is 3.05. The molecule has 23 heavy (non-hydrogen) atoms. The largest absolute Gasteiger partial charge is 0.338 e. The number of rotatable bonds is 3. The van der Waals surface area contributed by atoms with E-state index in [1.807, 2.05) is 30.3 Å². The number of aromatic amines is 1. The molecule has 0 bridgehead atoms. The number of nitrogens with one attached hydrogen (secondary N) is 1. The maximum Gasteiger partial charge on any atom is 0.278 e. The third-order valence-corrected chi connectivity index (χ3v) is 4.67. The molecule has 1 saturated carbocycles. The first-order valence-electron chi connectivity index (χ1n) is 7.80. The van der Waals surface area contributed by atoms with Crippen molar-refractivity contribution < 1.29 is 0 Å². The van der Waals surface area contributed by atoms with Crippen LogP contribution in [0.3, 0.4) is 0 Å². The quantitative estimate of drug-likeness (QED) is 0.808. The minimum absolute atomic E-state index is 0.126. The normalized spacial score (nSPS) is 15.5. The fourth-order valence-corrected chi connectivity index (χ4v) is 3.20. The second-order valence-corrected chi connectivity index (χ2v) is 6.14. The molecule has 1 aliphatic rings. The van der Waals surface area contributed by atoms with Gasteiger partial charge in [-0.2, -0.15) is 14.9 Å². The van der Waals surface area contributed by atoms with Crippen LogP contribution in [-0.4, -0.2) is 14.6 Å². The van der Waals surface area contributed by atoms with Gasteiger partial charge in [0, 0.05) is 5.56 Å². The molecule has 1 aromatic carbocycles. The van der Waals surface area contributed by atoms with E-state index in [-0.39, 0.29) is 11.5 Å². The number of fused-ring (bicyclic) bond motifs is 1. The number of benzene rings is 1. The molecule has 0 spiro atoms. The monoisotopic (exact) mass is 304 g/mol. The van der Waals surface area contributed by atoms with Gasteiger partial charge in [-0.3, -0.25) is 4.79 Å². The van der Waals surface area contributed by atoms with Crippen molar-refractivity contribution in [3.63, 3.8) is 0 Å². The smallest absolute Gasteiger partial charge is 0.278 e. The first-order valence-corrected chi connectivity index (χ1v) is 7.80. The Morgan fingerprint density at radius 2 is 2.09 bits per heavy atom. The van der Waals surface area contributed by atoms with Crippen molar-refractivity contribution >= 4 is 5.65 Å². The maximum atomic E-state index is 13.0. The molecule has 0 saturated heterocycles. The zero-order valence-electron chi connectivity index (χ0n) is 12.8. The van der Waals surface area contributed by atoms with E-state index in [4.69, 9.17) is 0 Å². The van der Waals surface area contributed by atoms with Gasteiger partial charge in [0.1, 0.15) is 11.6 Å². The Hall–Kier alpha value is -2.87. The lowest BCUT2D eigenvalue weighted by Crippen LogP contribution is -2.24. The van der Waals surface area contributed by atoms with Crippen LogP contribution in [0.5, 0.6) is 0 Å². The summed E-state index contributed by atoms with van der Waals surface area (Å²) in [5, 5.41) is 13.3. The van der Waals surface area contributed by atoms with Crippen molar-refractivity contribution in [2.45, 2.75) is 25.7 Å². The van der Waals surface area contributed by atoms with E-state index >= 15 is 0 Å². The number of hydrogen-bond donors (Lipinski definition) is 1. The van der Waals surface area contributed by atoms with Crippen molar-refractivity contribution in [3.05, 3.63) is 58.0 Å². The highest BCUT2D eigenvalue weighted by molar-refractivity contribution is 5.68. The van der Waals surface area contributed by atoms with Crippen LogP contribution >= 0.6 is 0 Å². The van der Waals surface area contributed by atoms with Crippen LogP contribution in [0.2, 0.25) is 0 Å². The zero-order chi connectivity index (χ0) is 16.0. The SMILES string of the molecule is CC(c1c(-c2ccccc2)[nH]c2c(C#N)cnn2c1=O)C1CC1. The molecular weight excluding hydrogens is 288 g/mol. The summed E-state index contributed by atoms with van der Waals surface area (Å²) in [6, 6.07) is 11.9. The maximum absolute atomic E-state index is 13.0. The van der Waals surface area contributed by atoms with Crippen LogP contribution < -0.4 is 5.56 Å². The van der Waals surface area contributed by atoms with E-state index in [1.165, 1.54) is 10.7 Å². The summed E-state index contributed by atoms with van der Waals surface area (Å²) in [4.78, 5) is 16.3. The summed E-state index contributed by atoms with van der Waals surface area (Å²) < 4.78 is 1.32. The van der Waals surface area contributed by atoms with Gasteiger partial charge < -0.3 is 4.98 Å². The number of H-pyrrole nitrogens is 1. The Morgan fingerprint density at radius 1 is 1.35 bits per heavy atom. The van der Waals surface area contributed by atoms with Crippen molar-refractivity contribution in [1.29, 1.82) is 5.26 Å². The molecule has 1 fully saturated rings. The highest BCUT2D eigenvalue weighted by Gasteiger charge is 2.33. The Bertz CT molecular complexity index is 974. The molecule has 114 valence electrons. The van der Waals surface area contributed by atoms with Gasteiger partial charge in [-0.05, 0) is 30.2 Å². The van der Waals surface area contributed by atoms with Crippen LogP contribution in [0.25, 0.3) is 16.9 Å². The van der Waals surface area contributed by atoms with Crippen molar-refractivity contribution in [2.24, 2.45) is 5.92 Å². The Balaban J connectivity index is 2.06. The van der Waals surface area contributed by atoms with Gasteiger partial charge in [0.25, 0.3) is 5.56 Å². The lowest BCUT2D eigenvalue weighted by atomic mass is 9.93. The van der Waals surface area contributed by atoms with Crippen LogP contribution in [0.15, 0.2) is 41.3 Å². The fourth-order valence-electron chi connectivity index (χ4n) is 3.20. The highest BCUT2D eigenvalue weighted by atomic mass is 16.1. The minimum Gasteiger partial charge on any atom is -0.338 e. The number of nitriles is 1. The molecule has 1 aliphatic carbocycles. The van der Waals surface area contributed by atoms with Crippen molar-refractivity contribution in [3.8, 4) is 17.3 Å². The fraction of sp³-hybridized carbons (Fsp3) is 0.278. The first-order chi connectivity index (χ1) is 11.2. The van der Waals surface area contributed by atoms with Gasteiger partial charge in [0.15, 0.2) is 5.65 Å². The molecule has 2 heterocycles. The average Bonchev–Trinajstić information content (AvgIpc) is 3.35. The predicted octanol–water partition coefficient (Wildman–Crippen LogP) is 3.07. The first kappa shape index (κ1) is 13.8. The van der Waals surface area contributed by atoms with E-state index < -0.39 is 0 Å². The van der Waals surface area contributed by atoms with Crippen molar-refractivity contribution in [2.75, 3.05) is 0 Å². The summed E-state index contributed by atoms with van der Waals surface area (Å²) in [6.45, 7) is 2.11. The third-order valence-electron chi connectivity index (χ3n) is 4.67. The van der Waals surface area contributed by atoms with Gasteiger partial charge in [-0.15, -0.1) is 0 Å². The molecule has 5 heteroatoms. The molecule has 0 amide bonds. The topological polar surface area (TPSA) is 73.9 Å². The van der Waals surface area contributed by atoms with Crippen LogP contribution in [0, 0.1) is 17.2 Å². The molecule has 1 N–H and O–H groups in total. The van der Waals surface area contributed by atoms with E-state index in [0.29, 0.717) is 17.1 Å². The van der Waals surface area contributed by atoms with Gasteiger partial charge in [0.05, 0.1) is 11.9 Å². The number of aromatic nitrogens is 3. The van der Waals surface area contributed by atoms with Gasteiger partial charge in [0.2, 0.25) is 0 Å². The molecule has 2 aromatic heterocycles. The molecule has 0 radical (unpaired) electrons. The summed E-state index contributed by atoms with van der Waals surface area (Å²) in [7, 11) is 0. The molecule has 1 unspecified atom stereocenters. The molecule has 0 aliphatic heterocycles. The van der Waals surface area contributed by atoms with Crippen LogP contribution in [0.1, 0.15) is 36.8 Å².